The third kappa shape index (κ3) is 4.54. The quantitative estimate of drug-likeness (QED) is 0.414. The van der Waals surface area contributed by atoms with E-state index in [1.54, 1.807) is 0 Å². The van der Waals surface area contributed by atoms with Gasteiger partial charge in [0.05, 0.1) is 0 Å². The Morgan fingerprint density at radius 3 is 1.79 bits per heavy atom. The number of benzene rings is 3. The lowest BCUT2D eigenvalue weighted by Crippen LogP contribution is -2.17. The van der Waals surface area contributed by atoms with Crippen LogP contribution in [0.15, 0.2) is 103 Å². The number of hydrogen-bond donors (Lipinski definition) is 0. The van der Waals surface area contributed by atoms with Crippen LogP contribution in [-0.2, 0) is 13.1 Å². The van der Waals surface area contributed by atoms with Crippen molar-refractivity contribution in [2.45, 2.75) is 13.1 Å². The van der Waals surface area contributed by atoms with Crippen LogP contribution in [0.1, 0.15) is 11.1 Å². The van der Waals surface area contributed by atoms with Crippen LogP contribution in [0.4, 0.5) is 0 Å². The van der Waals surface area contributed by atoms with Gasteiger partial charge < -0.3 is 0 Å². The van der Waals surface area contributed by atoms with E-state index in [2.05, 4.69) is 102 Å². The van der Waals surface area contributed by atoms with Gasteiger partial charge in [0.25, 0.3) is 0 Å². The number of aromatic nitrogens is 1. The van der Waals surface area contributed by atoms with Crippen LogP contribution in [0.3, 0.4) is 0 Å². The summed E-state index contributed by atoms with van der Waals surface area (Å²) in [5.74, 6) is 0. The maximum absolute atomic E-state index is 4.48. The molecule has 3 aromatic carbocycles. The number of pyridine rings is 1. The molecule has 0 N–H and O–H groups in total. The predicted octanol–water partition coefficient (Wildman–Crippen LogP) is 6.05. The molecule has 0 saturated carbocycles. The van der Waals surface area contributed by atoms with Crippen molar-refractivity contribution in [3.8, 4) is 22.3 Å². The van der Waals surface area contributed by atoms with E-state index in [-0.39, 0.29) is 0 Å². The molecule has 0 bridgehead atoms. The van der Waals surface area contributed by atoms with E-state index in [9.17, 15) is 0 Å². The van der Waals surface area contributed by atoms with Gasteiger partial charge in [-0.25, -0.2) is 0 Å². The Kier molecular flexibility index (Phi) is 5.60. The second kappa shape index (κ2) is 8.64. The minimum atomic E-state index is 0.873. The molecule has 0 amide bonds. The van der Waals surface area contributed by atoms with Gasteiger partial charge in [-0.05, 0) is 40.9 Å². The summed E-state index contributed by atoms with van der Waals surface area (Å²) in [7, 11) is 2.15. The fraction of sp³-hybridized carbons (Fsp3) is 0.115. The monoisotopic (exact) mass is 364 g/mol. The molecule has 1 heterocycles. The highest BCUT2D eigenvalue weighted by Gasteiger charge is 2.05. The summed E-state index contributed by atoms with van der Waals surface area (Å²) >= 11 is 0. The van der Waals surface area contributed by atoms with Crippen LogP contribution in [0.2, 0.25) is 0 Å². The largest absolute Gasteiger partial charge is 0.298 e. The maximum Gasteiger partial charge on any atom is 0.0346 e. The Bertz CT molecular complexity index is 1010. The molecule has 0 saturated heterocycles. The molecule has 0 atom stereocenters. The molecule has 4 rings (SSSR count). The van der Waals surface area contributed by atoms with Crippen molar-refractivity contribution in [3.63, 3.8) is 0 Å². The molecule has 0 aliphatic heterocycles. The van der Waals surface area contributed by atoms with Gasteiger partial charge in [-0.2, -0.15) is 0 Å². The van der Waals surface area contributed by atoms with Crippen molar-refractivity contribution in [1.29, 1.82) is 0 Å². The van der Waals surface area contributed by atoms with Crippen LogP contribution in [0, 0.1) is 0 Å². The summed E-state index contributed by atoms with van der Waals surface area (Å²) < 4.78 is 0. The third-order valence-corrected chi connectivity index (χ3v) is 4.87. The first-order chi connectivity index (χ1) is 13.8. The molecular formula is C26H24N2. The van der Waals surface area contributed by atoms with Crippen LogP contribution in [0.25, 0.3) is 22.3 Å². The van der Waals surface area contributed by atoms with Crippen LogP contribution < -0.4 is 0 Å². The molecule has 2 heteroatoms. The SMILES string of the molecule is CN(Cc1ccccc1)Cc1cncc(-c2ccc(-c3ccccc3)cc2)c1. The zero-order valence-electron chi connectivity index (χ0n) is 16.1. The lowest BCUT2D eigenvalue weighted by Gasteiger charge is -2.17. The molecule has 0 unspecified atom stereocenters. The maximum atomic E-state index is 4.48. The Hall–Kier alpha value is -3.23. The van der Waals surface area contributed by atoms with Gasteiger partial charge in [-0.15, -0.1) is 0 Å². The Morgan fingerprint density at radius 1 is 0.571 bits per heavy atom. The van der Waals surface area contributed by atoms with Crippen LogP contribution >= 0.6 is 0 Å². The molecule has 0 aliphatic carbocycles. The standard InChI is InChI=1S/C26H24N2/c1-28(19-21-8-4-2-5-9-21)20-22-16-26(18-27-17-22)25-14-12-24(13-15-25)23-10-6-3-7-11-23/h2-18H,19-20H2,1H3. The van der Waals surface area contributed by atoms with E-state index in [1.165, 1.54) is 27.8 Å². The molecule has 0 aliphatic rings. The third-order valence-electron chi connectivity index (χ3n) is 4.87. The number of nitrogens with zero attached hydrogens (tertiary/aromatic N) is 2. The normalized spacial score (nSPS) is 10.9. The van der Waals surface area contributed by atoms with E-state index >= 15 is 0 Å². The molecule has 28 heavy (non-hydrogen) atoms. The van der Waals surface area contributed by atoms with E-state index in [4.69, 9.17) is 0 Å². The fourth-order valence-electron chi connectivity index (χ4n) is 3.48. The first kappa shape index (κ1) is 18.1. The number of hydrogen-bond acceptors (Lipinski definition) is 2. The average molecular weight is 364 g/mol. The second-order valence-electron chi connectivity index (χ2n) is 7.18. The zero-order valence-corrected chi connectivity index (χ0v) is 16.1. The van der Waals surface area contributed by atoms with E-state index in [0.29, 0.717) is 0 Å². The summed E-state index contributed by atoms with van der Waals surface area (Å²) in [6.07, 6.45) is 3.90. The van der Waals surface area contributed by atoms with Gasteiger partial charge >= 0.3 is 0 Å². The van der Waals surface area contributed by atoms with Gasteiger partial charge in [0.1, 0.15) is 0 Å². The molecule has 0 fully saturated rings. The van der Waals surface area contributed by atoms with E-state index in [0.717, 1.165) is 18.7 Å². The van der Waals surface area contributed by atoms with Crippen molar-refractivity contribution in [2.24, 2.45) is 0 Å². The fourth-order valence-corrected chi connectivity index (χ4v) is 3.48. The highest BCUT2D eigenvalue weighted by molar-refractivity contribution is 5.70. The van der Waals surface area contributed by atoms with Crippen molar-refractivity contribution in [2.75, 3.05) is 7.05 Å². The topological polar surface area (TPSA) is 16.1 Å². The smallest absolute Gasteiger partial charge is 0.0346 e. The lowest BCUT2D eigenvalue weighted by atomic mass is 10.0. The van der Waals surface area contributed by atoms with E-state index in [1.807, 2.05) is 18.5 Å². The highest BCUT2D eigenvalue weighted by Crippen LogP contribution is 2.25. The Labute approximate surface area is 167 Å². The first-order valence-electron chi connectivity index (χ1n) is 9.60. The van der Waals surface area contributed by atoms with Crippen LogP contribution in [-0.4, -0.2) is 16.9 Å². The zero-order chi connectivity index (χ0) is 19.2. The minimum Gasteiger partial charge on any atom is -0.298 e. The number of rotatable bonds is 6. The Balaban J connectivity index is 1.47. The lowest BCUT2D eigenvalue weighted by molar-refractivity contribution is 0.319. The van der Waals surface area contributed by atoms with E-state index < -0.39 is 0 Å². The van der Waals surface area contributed by atoms with Gasteiger partial charge in [-0.1, -0.05) is 84.9 Å². The molecule has 4 aromatic rings. The summed E-state index contributed by atoms with van der Waals surface area (Å²) in [6, 6.07) is 32.0. The summed E-state index contributed by atoms with van der Waals surface area (Å²) in [4.78, 5) is 6.79. The van der Waals surface area contributed by atoms with Gasteiger partial charge in [0.2, 0.25) is 0 Å². The predicted molar refractivity (Wildman–Crippen MR) is 117 cm³/mol. The molecular weight excluding hydrogens is 340 g/mol. The average Bonchev–Trinajstić information content (AvgIpc) is 2.75. The van der Waals surface area contributed by atoms with Crippen molar-refractivity contribution in [1.82, 2.24) is 9.88 Å². The summed E-state index contributed by atoms with van der Waals surface area (Å²) in [6.45, 7) is 1.80. The van der Waals surface area contributed by atoms with Gasteiger partial charge in [0.15, 0.2) is 0 Å². The molecule has 138 valence electrons. The van der Waals surface area contributed by atoms with Crippen molar-refractivity contribution in [3.05, 3.63) is 115 Å². The highest BCUT2D eigenvalue weighted by atomic mass is 15.1. The van der Waals surface area contributed by atoms with Gasteiger partial charge in [0, 0.05) is 31.0 Å². The summed E-state index contributed by atoms with van der Waals surface area (Å²) in [5, 5.41) is 0. The minimum absolute atomic E-state index is 0.873. The van der Waals surface area contributed by atoms with Crippen molar-refractivity contribution < 1.29 is 0 Å². The molecule has 1 aromatic heterocycles. The summed E-state index contributed by atoms with van der Waals surface area (Å²) in [5.41, 5.74) is 7.37. The molecule has 0 radical (unpaired) electrons. The first-order valence-corrected chi connectivity index (χ1v) is 9.60. The van der Waals surface area contributed by atoms with Gasteiger partial charge in [-0.3, -0.25) is 9.88 Å². The molecule has 0 spiro atoms. The van der Waals surface area contributed by atoms with Crippen LogP contribution in [0.5, 0.6) is 0 Å². The second-order valence-corrected chi connectivity index (χ2v) is 7.18. The van der Waals surface area contributed by atoms with Crippen molar-refractivity contribution >= 4 is 0 Å². The molecule has 2 nitrogen and oxygen atoms in total. The Morgan fingerprint density at radius 2 is 1.11 bits per heavy atom.